The van der Waals surface area contributed by atoms with Crippen LogP contribution in [-0.4, -0.2) is 53.9 Å². The number of nitrogens with zero attached hydrogens (tertiary/aromatic N) is 1. The van der Waals surface area contributed by atoms with Crippen LogP contribution in [0.5, 0.6) is 0 Å². The molecule has 0 radical (unpaired) electrons. The number of hydrogen-bond acceptors (Lipinski definition) is 4. The van der Waals surface area contributed by atoms with Crippen LogP contribution < -0.4 is 5.32 Å². The van der Waals surface area contributed by atoms with Crippen molar-refractivity contribution in [3.05, 3.63) is 22.5 Å². The number of H-pyrrole nitrogens is 1. The number of rotatable bonds is 6. The van der Waals surface area contributed by atoms with Crippen molar-refractivity contribution in [3.8, 4) is 0 Å². The molecule has 1 saturated heterocycles. The van der Waals surface area contributed by atoms with Crippen molar-refractivity contribution in [2.75, 3.05) is 20.2 Å². The maximum Gasteiger partial charge on any atom is 0.339 e. The maximum absolute atomic E-state index is 13.0. The normalized spacial score (nSPS) is 18.3. The third kappa shape index (κ3) is 4.87. The van der Waals surface area contributed by atoms with Crippen molar-refractivity contribution < 1.29 is 19.1 Å². The van der Waals surface area contributed by atoms with Gasteiger partial charge in [-0.05, 0) is 44.6 Å². The van der Waals surface area contributed by atoms with Gasteiger partial charge >= 0.3 is 5.97 Å². The van der Waals surface area contributed by atoms with Crippen LogP contribution in [0.4, 0.5) is 0 Å². The van der Waals surface area contributed by atoms with E-state index in [4.69, 9.17) is 4.74 Å². The van der Waals surface area contributed by atoms with E-state index in [-0.39, 0.29) is 17.9 Å². The molecule has 0 unspecified atom stereocenters. The van der Waals surface area contributed by atoms with Crippen LogP contribution in [0.3, 0.4) is 0 Å². The van der Waals surface area contributed by atoms with Gasteiger partial charge in [0.1, 0.15) is 5.69 Å². The average Bonchev–Trinajstić information content (AvgIpc) is 3.10. The minimum atomic E-state index is -0.416. The Morgan fingerprint density at radius 1 is 1.10 bits per heavy atom. The molecular formula is C23H35N3O4. The summed E-state index contributed by atoms with van der Waals surface area (Å²) in [4.78, 5) is 43.0. The molecule has 1 saturated carbocycles. The van der Waals surface area contributed by atoms with Crippen molar-refractivity contribution in [1.82, 2.24) is 15.2 Å². The number of hydrogen-bond donors (Lipinski definition) is 2. The SMILES string of the molecule is CCCc1c(C(=O)NC2CCN(C(=O)C3CCCCC3)CC2)[nH]c(C)c1C(=O)OC. The van der Waals surface area contributed by atoms with Crippen LogP contribution in [0.15, 0.2) is 0 Å². The second kappa shape index (κ2) is 10.1. The lowest BCUT2D eigenvalue weighted by Gasteiger charge is -2.35. The lowest BCUT2D eigenvalue weighted by atomic mass is 9.87. The predicted molar refractivity (Wildman–Crippen MR) is 115 cm³/mol. The fourth-order valence-corrected chi connectivity index (χ4v) is 4.86. The molecular weight excluding hydrogens is 382 g/mol. The molecule has 7 nitrogen and oxygen atoms in total. The molecule has 1 aliphatic heterocycles. The van der Waals surface area contributed by atoms with E-state index in [9.17, 15) is 14.4 Å². The van der Waals surface area contributed by atoms with E-state index < -0.39 is 5.97 Å². The molecule has 1 aromatic rings. The fraction of sp³-hybridized carbons (Fsp3) is 0.696. The molecule has 2 N–H and O–H groups in total. The number of ether oxygens (including phenoxy) is 1. The van der Waals surface area contributed by atoms with Gasteiger partial charge < -0.3 is 19.9 Å². The summed E-state index contributed by atoms with van der Waals surface area (Å²) < 4.78 is 4.90. The largest absolute Gasteiger partial charge is 0.465 e. The number of likely N-dealkylation sites (tertiary alicyclic amines) is 1. The molecule has 7 heteroatoms. The van der Waals surface area contributed by atoms with Crippen LogP contribution in [0, 0.1) is 12.8 Å². The van der Waals surface area contributed by atoms with Crippen LogP contribution in [0.25, 0.3) is 0 Å². The van der Waals surface area contributed by atoms with Gasteiger partial charge in [0.2, 0.25) is 5.91 Å². The highest BCUT2D eigenvalue weighted by Crippen LogP contribution is 2.27. The van der Waals surface area contributed by atoms with Crippen LogP contribution >= 0.6 is 0 Å². The number of amides is 2. The first-order valence-electron chi connectivity index (χ1n) is 11.4. The molecule has 30 heavy (non-hydrogen) atoms. The second-order valence-electron chi connectivity index (χ2n) is 8.63. The summed E-state index contributed by atoms with van der Waals surface area (Å²) in [5, 5.41) is 3.11. The average molecular weight is 418 g/mol. The first kappa shape index (κ1) is 22.4. The minimum Gasteiger partial charge on any atom is -0.465 e. The second-order valence-corrected chi connectivity index (χ2v) is 8.63. The van der Waals surface area contributed by atoms with Gasteiger partial charge in [-0.1, -0.05) is 32.6 Å². The van der Waals surface area contributed by atoms with Crippen molar-refractivity contribution >= 4 is 17.8 Å². The summed E-state index contributed by atoms with van der Waals surface area (Å²) in [5.74, 6) is -0.109. The summed E-state index contributed by atoms with van der Waals surface area (Å²) in [7, 11) is 1.35. The van der Waals surface area contributed by atoms with Crippen LogP contribution in [-0.2, 0) is 16.0 Å². The van der Waals surface area contributed by atoms with Gasteiger partial charge in [0, 0.05) is 30.7 Å². The molecule has 2 amide bonds. The van der Waals surface area contributed by atoms with E-state index in [0.717, 1.165) is 50.5 Å². The molecule has 0 bridgehead atoms. The van der Waals surface area contributed by atoms with E-state index >= 15 is 0 Å². The molecule has 2 fully saturated rings. The Morgan fingerprint density at radius 3 is 2.37 bits per heavy atom. The van der Waals surface area contributed by atoms with E-state index in [0.29, 0.717) is 42.4 Å². The number of esters is 1. The molecule has 2 aliphatic rings. The van der Waals surface area contributed by atoms with Gasteiger partial charge in [-0.3, -0.25) is 9.59 Å². The summed E-state index contributed by atoms with van der Waals surface area (Å²) in [6.07, 6.45) is 8.57. The minimum absolute atomic E-state index is 0.0348. The van der Waals surface area contributed by atoms with Crippen molar-refractivity contribution in [3.63, 3.8) is 0 Å². The van der Waals surface area contributed by atoms with E-state index in [1.54, 1.807) is 6.92 Å². The summed E-state index contributed by atoms with van der Waals surface area (Å²) >= 11 is 0. The maximum atomic E-state index is 13.0. The van der Waals surface area contributed by atoms with Gasteiger partial charge in [-0.25, -0.2) is 4.79 Å². The van der Waals surface area contributed by atoms with E-state index in [1.807, 2.05) is 11.8 Å². The van der Waals surface area contributed by atoms with Gasteiger partial charge in [0.25, 0.3) is 5.91 Å². The predicted octanol–water partition coefficient (Wildman–Crippen LogP) is 3.36. The van der Waals surface area contributed by atoms with E-state index in [2.05, 4.69) is 10.3 Å². The van der Waals surface area contributed by atoms with Gasteiger partial charge in [-0.15, -0.1) is 0 Å². The Balaban J connectivity index is 1.61. The number of aryl methyl sites for hydroxylation is 1. The third-order valence-electron chi connectivity index (χ3n) is 6.50. The third-order valence-corrected chi connectivity index (χ3v) is 6.50. The van der Waals surface area contributed by atoms with Gasteiger partial charge in [-0.2, -0.15) is 0 Å². The first-order valence-corrected chi connectivity index (χ1v) is 11.4. The summed E-state index contributed by atoms with van der Waals surface area (Å²) in [6, 6.07) is 0.0348. The number of piperidine rings is 1. The van der Waals surface area contributed by atoms with Crippen molar-refractivity contribution in [2.45, 2.75) is 77.7 Å². The summed E-state index contributed by atoms with van der Waals surface area (Å²) in [5.41, 5.74) is 2.31. The van der Waals surface area contributed by atoms with Gasteiger partial charge in [0.05, 0.1) is 12.7 Å². The molecule has 1 aromatic heterocycles. The lowest BCUT2D eigenvalue weighted by Crippen LogP contribution is -2.48. The van der Waals surface area contributed by atoms with Gasteiger partial charge in [0.15, 0.2) is 0 Å². The van der Waals surface area contributed by atoms with Crippen molar-refractivity contribution in [1.29, 1.82) is 0 Å². The Hall–Kier alpha value is -2.31. The number of methoxy groups -OCH3 is 1. The molecule has 166 valence electrons. The van der Waals surface area contributed by atoms with E-state index in [1.165, 1.54) is 13.5 Å². The molecule has 0 atom stereocenters. The number of aromatic nitrogens is 1. The molecule has 3 rings (SSSR count). The zero-order chi connectivity index (χ0) is 21.7. The Bertz CT molecular complexity index is 772. The standard InChI is InChI=1S/C23H35N3O4/c1-4-8-18-19(23(29)30-3)15(2)24-20(18)21(27)25-17-11-13-26(14-12-17)22(28)16-9-6-5-7-10-16/h16-17,24H,4-14H2,1-3H3,(H,25,27). The zero-order valence-electron chi connectivity index (χ0n) is 18.5. The fourth-order valence-electron chi connectivity index (χ4n) is 4.86. The number of carbonyl (C=O) groups excluding carboxylic acids is 3. The number of nitrogens with one attached hydrogen (secondary N) is 2. The van der Waals surface area contributed by atoms with Crippen molar-refractivity contribution in [2.24, 2.45) is 5.92 Å². The molecule has 1 aliphatic carbocycles. The molecule has 0 spiro atoms. The highest BCUT2D eigenvalue weighted by molar-refractivity contribution is 6.00. The topological polar surface area (TPSA) is 91.5 Å². The Morgan fingerprint density at radius 2 is 1.77 bits per heavy atom. The highest BCUT2D eigenvalue weighted by atomic mass is 16.5. The Kier molecular flexibility index (Phi) is 7.56. The smallest absolute Gasteiger partial charge is 0.339 e. The van der Waals surface area contributed by atoms with Crippen LogP contribution in [0.1, 0.15) is 90.4 Å². The highest BCUT2D eigenvalue weighted by Gasteiger charge is 2.31. The monoisotopic (exact) mass is 417 g/mol. The molecule has 0 aromatic carbocycles. The molecule has 2 heterocycles. The van der Waals surface area contributed by atoms with Crippen LogP contribution in [0.2, 0.25) is 0 Å². The number of aromatic amines is 1. The first-order chi connectivity index (χ1) is 14.5. The Labute approximate surface area is 178 Å². The number of carbonyl (C=O) groups is 3. The quantitative estimate of drug-likeness (QED) is 0.694. The summed E-state index contributed by atoms with van der Waals surface area (Å²) in [6.45, 7) is 5.19. The zero-order valence-corrected chi connectivity index (χ0v) is 18.5. The lowest BCUT2D eigenvalue weighted by molar-refractivity contribution is -0.137.